The largest absolute Gasteiger partial charge is 0.494 e. The van der Waals surface area contributed by atoms with Gasteiger partial charge >= 0.3 is 6.18 Å². The Morgan fingerprint density at radius 2 is 1.56 bits per heavy atom. The van der Waals surface area contributed by atoms with Gasteiger partial charge in [0, 0.05) is 19.6 Å². The van der Waals surface area contributed by atoms with Crippen molar-refractivity contribution in [3.63, 3.8) is 0 Å². The number of rotatable bonds is 10. The van der Waals surface area contributed by atoms with E-state index in [1.54, 1.807) is 6.07 Å². The molecule has 2 nitrogen and oxygen atoms in total. The van der Waals surface area contributed by atoms with Crippen molar-refractivity contribution in [2.45, 2.75) is 32.0 Å². The molecule has 3 aromatic carbocycles. The SMILES string of the molecule is CC(CN(CCCOc1ccccc1)Cc1cccc(C(F)(F)F)c1Cl)c1ccccc1. The number of nitrogens with zero attached hydrogens (tertiary/aromatic N) is 1. The zero-order valence-corrected chi connectivity index (χ0v) is 18.7. The third kappa shape index (κ3) is 7.01. The Kier molecular flexibility index (Phi) is 8.60. The smallest absolute Gasteiger partial charge is 0.417 e. The number of halogens is 4. The average molecular weight is 462 g/mol. The Hall–Kier alpha value is -2.50. The van der Waals surface area contributed by atoms with Gasteiger partial charge in [-0.05, 0) is 41.7 Å². The van der Waals surface area contributed by atoms with E-state index in [2.05, 4.69) is 24.0 Å². The molecule has 0 radical (unpaired) electrons. The number of hydrogen-bond donors (Lipinski definition) is 0. The molecule has 0 N–H and O–H groups in total. The summed E-state index contributed by atoms with van der Waals surface area (Å²) in [6.07, 6.45) is -3.73. The fraction of sp³-hybridized carbons (Fsp3) is 0.308. The maximum atomic E-state index is 13.3. The van der Waals surface area contributed by atoms with E-state index in [0.717, 1.165) is 18.2 Å². The molecule has 1 unspecified atom stereocenters. The van der Waals surface area contributed by atoms with Gasteiger partial charge < -0.3 is 4.74 Å². The molecule has 6 heteroatoms. The average Bonchev–Trinajstić information content (AvgIpc) is 2.78. The van der Waals surface area contributed by atoms with E-state index in [-0.39, 0.29) is 10.9 Å². The second kappa shape index (κ2) is 11.4. The van der Waals surface area contributed by atoms with Gasteiger partial charge in [0.05, 0.1) is 17.2 Å². The van der Waals surface area contributed by atoms with Crippen molar-refractivity contribution in [1.82, 2.24) is 4.90 Å². The number of benzene rings is 3. The number of hydrogen-bond acceptors (Lipinski definition) is 2. The van der Waals surface area contributed by atoms with Crippen LogP contribution in [0.3, 0.4) is 0 Å². The van der Waals surface area contributed by atoms with Gasteiger partial charge in [-0.1, -0.05) is 79.2 Å². The second-order valence-electron chi connectivity index (χ2n) is 7.84. The van der Waals surface area contributed by atoms with Crippen LogP contribution in [0, 0.1) is 0 Å². The van der Waals surface area contributed by atoms with E-state index in [1.807, 2.05) is 48.5 Å². The van der Waals surface area contributed by atoms with Crippen LogP contribution in [0.15, 0.2) is 78.9 Å². The lowest BCUT2D eigenvalue weighted by atomic mass is 10.00. The Bertz CT molecular complexity index is 964. The highest BCUT2D eigenvalue weighted by Gasteiger charge is 2.34. The molecule has 32 heavy (non-hydrogen) atoms. The zero-order valence-electron chi connectivity index (χ0n) is 18.0. The molecule has 0 saturated carbocycles. The van der Waals surface area contributed by atoms with Gasteiger partial charge in [0.1, 0.15) is 5.75 Å². The summed E-state index contributed by atoms with van der Waals surface area (Å²) in [4.78, 5) is 2.15. The highest BCUT2D eigenvalue weighted by Crippen LogP contribution is 2.36. The minimum absolute atomic E-state index is 0.218. The van der Waals surface area contributed by atoms with E-state index < -0.39 is 11.7 Å². The minimum atomic E-state index is -4.47. The summed E-state index contributed by atoms with van der Waals surface area (Å²) < 4.78 is 45.7. The summed E-state index contributed by atoms with van der Waals surface area (Å²) in [6, 6.07) is 23.8. The van der Waals surface area contributed by atoms with Gasteiger partial charge in [-0.3, -0.25) is 4.90 Å². The molecular formula is C26H27ClF3NO. The monoisotopic (exact) mass is 461 g/mol. The number of para-hydroxylation sites is 1. The van der Waals surface area contributed by atoms with Gasteiger partial charge in [-0.25, -0.2) is 0 Å². The first-order chi connectivity index (χ1) is 15.3. The predicted octanol–water partition coefficient (Wildman–Crippen LogP) is 7.43. The molecule has 0 fully saturated rings. The lowest BCUT2D eigenvalue weighted by Gasteiger charge is -2.27. The normalized spacial score (nSPS) is 12.7. The van der Waals surface area contributed by atoms with Crippen LogP contribution in [0.2, 0.25) is 5.02 Å². The van der Waals surface area contributed by atoms with E-state index in [0.29, 0.717) is 31.8 Å². The van der Waals surface area contributed by atoms with Crippen LogP contribution in [-0.4, -0.2) is 24.6 Å². The van der Waals surface area contributed by atoms with Crippen LogP contribution < -0.4 is 4.74 Å². The summed E-state index contributed by atoms with van der Waals surface area (Å²) >= 11 is 6.16. The van der Waals surface area contributed by atoms with Crippen LogP contribution in [0.5, 0.6) is 5.75 Å². The lowest BCUT2D eigenvalue weighted by molar-refractivity contribution is -0.137. The third-order valence-electron chi connectivity index (χ3n) is 5.31. The van der Waals surface area contributed by atoms with Crippen molar-refractivity contribution >= 4 is 11.6 Å². The minimum Gasteiger partial charge on any atom is -0.494 e. The fourth-order valence-electron chi connectivity index (χ4n) is 3.67. The van der Waals surface area contributed by atoms with Crippen molar-refractivity contribution in [3.8, 4) is 5.75 Å². The molecule has 0 aliphatic carbocycles. The van der Waals surface area contributed by atoms with Gasteiger partial charge in [-0.2, -0.15) is 13.2 Å². The summed E-state index contributed by atoms with van der Waals surface area (Å²) in [5, 5.41) is -0.224. The molecule has 0 saturated heterocycles. The molecule has 0 bridgehead atoms. The second-order valence-corrected chi connectivity index (χ2v) is 8.22. The summed E-state index contributed by atoms with van der Waals surface area (Å²) in [5.74, 6) is 1.02. The molecule has 1 atom stereocenters. The lowest BCUT2D eigenvalue weighted by Crippen LogP contribution is -2.30. The standard InChI is InChI=1S/C26H27ClF3NO/c1-20(21-10-4-2-5-11-21)18-31(16-9-17-32-23-13-6-3-7-14-23)19-22-12-8-15-24(25(22)27)26(28,29)30/h2-8,10-15,20H,9,16-19H2,1H3. The summed E-state index contributed by atoms with van der Waals surface area (Å²) in [7, 11) is 0. The van der Waals surface area contributed by atoms with Crippen molar-refractivity contribution < 1.29 is 17.9 Å². The first kappa shape index (κ1) is 24.1. The zero-order chi connectivity index (χ0) is 23.0. The summed E-state index contributed by atoms with van der Waals surface area (Å²) in [5.41, 5.74) is 0.874. The van der Waals surface area contributed by atoms with Gasteiger partial charge in [0.15, 0.2) is 0 Å². The van der Waals surface area contributed by atoms with Crippen molar-refractivity contribution in [3.05, 3.63) is 101 Å². The van der Waals surface area contributed by atoms with Crippen LogP contribution in [-0.2, 0) is 12.7 Å². The predicted molar refractivity (Wildman–Crippen MR) is 123 cm³/mol. The van der Waals surface area contributed by atoms with E-state index in [9.17, 15) is 13.2 Å². The molecule has 3 rings (SSSR count). The maximum absolute atomic E-state index is 13.3. The molecule has 0 heterocycles. The highest BCUT2D eigenvalue weighted by atomic mass is 35.5. The molecule has 3 aromatic rings. The topological polar surface area (TPSA) is 12.5 Å². The molecule has 0 spiro atoms. The van der Waals surface area contributed by atoms with Crippen molar-refractivity contribution in [2.24, 2.45) is 0 Å². The number of ether oxygens (including phenoxy) is 1. The summed E-state index contributed by atoms with van der Waals surface area (Å²) in [6.45, 7) is 4.36. The quantitative estimate of drug-likeness (QED) is 0.291. The fourth-order valence-corrected chi connectivity index (χ4v) is 3.96. The van der Waals surface area contributed by atoms with Crippen molar-refractivity contribution in [2.75, 3.05) is 19.7 Å². The van der Waals surface area contributed by atoms with Crippen LogP contribution in [0.4, 0.5) is 13.2 Å². The van der Waals surface area contributed by atoms with E-state index in [1.165, 1.54) is 11.6 Å². The van der Waals surface area contributed by atoms with E-state index >= 15 is 0 Å². The first-order valence-electron chi connectivity index (χ1n) is 10.6. The van der Waals surface area contributed by atoms with Crippen LogP contribution in [0.25, 0.3) is 0 Å². The Morgan fingerprint density at radius 1 is 0.906 bits per heavy atom. The Balaban J connectivity index is 1.70. The van der Waals surface area contributed by atoms with Crippen LogP contribution >= 0.6 is 11.6 Å². The van der Waals surface area contributed by atoms with Crippen LogP contribution in [0.1, 0.15) is 36.0 Å². The third-order valence-corrected chi connectivity index (χ3v) is 5.76. The molecule has 0 amide bonds. The maximum Gasteiger partial charge on any atom is 0.417 e. The van der Waals surface area contributed by atoms with Gasteiger partial charge in [-0.15, -0.1) is 0 Å². The molecule has 0 aliphatic rings. The first-order valence-corrected chi connectivity index (χ1v) is 11.0. The number of alkyl halides is 3. The van der Waals surface area contributed by atoms with Gasteiger partial charge in [0.2, 0.25) is 0 Å². The molecule has 170 valence electrons. The Labute approximate surface area is 192 Å². The Morgan fingerprint density at radius 3 is 2.22 bits per heavy atom. The van der Waals surface area contributed by atoms with Crippen molar-refractivity contribution in [1.29, 1.82) is 0 Å². The molecular weight excluding hydrogens is 435 g/mol. The van der Waals surface area contributed by atoms with Gasteiger partial charge in [0.25, 0.3) is 0 Å². The van der Waals surface area contributed by atoms with E-state index in [4.69, 9.17) is 16.3 Å². The molecule has 0 aliphatic heterocycles. The highest BCUT2D eigenvalue weighted by molar-refractivity contribution is 6.32. The molecule has 0 aromatic heterocycles.